The van der Waals surface area contributed by atoms with Gasteiger partial charge in [0.1, 0.15) is 5.75 Å². The Labute approximate surface area is 176 Å². The van der Waals surface area contributed by atoms with Gasteiger partial charge in [-0.15, -0.1) is 0 Å². The molecule has 0 spiro atoms. The largest absolute Gasteiger partial charge is 0.493 e. The van der Waals surface area contributed by atoms with E-state index >= 15 is 0 Å². The van der Waals surface area contributed by atoms with Crippen LogP contribution in [0.15, 0.2) is 42.7 Å². The van der Waals surface area contributed by atoms with Gasteiger partial charge >= 0.3 is 0 Å². The van der Waals surface area contributed by atoms with Crippen LogP contribution in [0.25, 0.3) is 5.65 Å². The van der Waals surface area contributed by atoms with E-state index in [2.05, 4.69) is 28.2 Å². The van der Waals surface area contributed by atoms with Crippen molar-refractivity contribution in [2.45, 2.75) is 38.1 Å². The first-order valence-corrected chi connectivity index (χ1v) is 10.8. The lowest BCUT2D eigenvalue weighted by Gasteiger charge is -2.29. The highest BCUT2D eigenvalue weighted by molar-refractivity contribution is 5.94. The zero-order chi connectivity index (χ0) is 20.5. The normalized spacial score (nSPS) is 20.0. The van der Waals surface area contributed by atoms with Crippen molar-refractivity contribution >= 4 is 11.6 Å². The smallest absolute Gasteiger partial charge is 0.254 e. The molecule has 5 rings (SSSR count). The monoisotopic (exact) mass is 405 g/mol. The maximum atomic E-state index is 12.9. The van der Waals surface area contributed by atoms with E-state index in [9.17, 15) is 4.79 Å². The highest BCUT2D eigenvalue weighted by Crippen LogP contribution is 2.32. The van der Waals surface area contributed by atoms with Gasteiger partial charge in [0.2, 0.25) is 0 Å². The first kappa shape index (κ1) is 19.1. The number of piperidine rings is 1. The number of hydrogen-bond acceptors (Lipinski definition) is 5. The molecule has 4 heterocycles. The Morgan fingerprint density at radius 2 is 2.07 bits per heavy atom. The van der Waals surface area contributed by atoms with Crippen LogP contribution in [0, 0.1) is 0 Å². The van der Waals surface area contributed by atoms with E-state index in [-0.39, 0.29) is 11.9 Å². The minimum Gasteiger partial charge on any atom is -0.493 e. The van der Waals surface area contributed by atoms with Gasteiger partial charge in [0.05, 0.1) is 23.9 Å². The van der Waals surface area contributed by atoms with Crippen LogP contribution in [-0.2, 0) is 0 Å². The summed E-state index contributed by atoms with van der Waals surface area (Å²) in [5.74, 6) is 1.17. The zero-order valence-electron chi connectivity index (χ0n) is 17.3. The fourth-order valence-corrected chi connectivity index (χ4v) is 4.49. The van der Waals surface area contributed by atoms with E-state index in [1.165, 1.54) is 0 Å². The summed E-state index contributed by atoms with van der Waals surface area (Å²) in [5.41, 5.74) is 3.40. The summed E-state index contributed by atoms with van der Waals surface area (Å²) in [6, 6.07) is 9.86. The summed E-state index contributed by atoms with van der Waals surface area (Å²) in [4.78, 5) is 19.9. The number of benzene rings is 1. The van der Waals surface area contributed by atoms with Gasteiger partial charge in [-0.3, -0.25) is 4.79 Å². The Kier molecular flexibility index (Phi) is 5.12. The Morgan fingerprint density at radius 1 is 1.23 bits per heavy atom. The number of nitrogens with zero attached hydrogens (tertiary/aromatic N) is 4. The van der Waals surface area contributed by atoms with Crippen molar-refractivity contribution < 1.29 is 9.53 Å². The van der Waals surface area contributed by atoms with Crippen LogP contribution < -0.4 is 10.1 Å². The van der Waals surface area contributed by atoms with Crippen LogP contribution in [0.5, 0.6) is 5.75 Å². The number of hydrogen-bond donors (Lipinski definition) is 1. The number of para-hydroxylation sites is 1. The van der Waals surface area contributed by atoms with Crippen LogP contribution in [0.3, 0.4) is 0 Å². The number of likely N-dealkylation sites (tertiary alicyclic amines) is 1. The quantitative estimate of drug-likeness (QED) is 0.722. The summed E-state index contributed by atoms with van der Waals surface area (Å²) in [6.45, 7) is 6.14. The van der Waals surface area contributed by atoms with Crippen LogP contribution in [-0.4, -0.2) is 51.6 Å². The molecule has 2 aliphatic rings. The molecule has 1 saturated heterocycles. The molecule has 0 aliphatic carbocycles. The standard InChI is InChI=1S/C23H27N5O2/c1-2-27-10-7-16(8-11-27)20-13-22-24-14-17(15-28(22)26-20)23(29)25-19-9-12-30-21-6-4-3-5-18(19)21/h3-6,13-16,19H,2,7-12H2,1H3,(H,25,29)/t19-/m0/s1. The molecule has 0 radical (unpaired) electrons. The minimum atomic E-state index is -0.139. The lowest BCUT2D eigenvalue weighted by atomic mass is 9.94. The Morgan fingerprint density at radius 3 is 2.90 bits per heavy atom. The van der Waals surface area contributed by atoms with E-state index in [1.54, 1.807) is 16.9 Å². The molecule has 0 saturated carbocycles. The van der Waals surface area contributed by atoms with Gasteiger partial charge in [0.15, 0.2) is 5.65 Å². The molecule has 1 fully saturated rings. The van der Waals surface area contributed by atoms with Gasteiger partial charge < -0.3 is 15.0 Å². The molecule has 2 aromatic heterocycles. The van der Waals surface area contributed by atoms with E-state index in [0.29, 0.717) is 18.1 Å². The number of nitrogens with one attached hydrogen (secondary N) is 1. The zero-order valence-corrected chi connectivity index (χ0v) is 17.3. The molecule has 1 N–H and O–H groups in total. The molecule has 0 bridgehead atoms. The average Bonchev–Trinajstić information content (AvgIpc) is 3.23. The molecule has 30 heavy (non-hydrogen) atoms. The Hall–Kier alpha value is -2.93. The van der Waals surface area contributed by atoms with Gasteiger partial charge in [0.25, 0.3) is 5.91 Å². The molecule has 1 aromatic carbocycles. The molecule has 1 amide bonds. The summed E-state index contributed by atoms with van der Waals surface area (Å²) >= 11 is 0. The number of carbonyl (C=O) groups is 1. The number of carbonyl (C=O) groups excluding carboxylic acids is 1. The van der Waals surface area contributed by atoms with Crippen molar-refractivity contribution in [1.29, 1.82) is 0 Å². The average molecular weight is 406 g/mol. The highest BCUT2D eigenvalue weighted by atomic mass is 16.5. The Bertz CT molecular complexity index is 1050. The van der Waals surface area contributed by atoms with Crippen molar-refractivity contribution in [3.05, 3.63) is 59.5 Å². The molecule has 2 aliphatic heterocycles. The summed E-state index contributed by atoms with van der Waals surface area (Å²) in [5, 5.41) is 7.88. The molecular weight excluding hydrogens is 378 g/mol. The van der Waals surface area contributed by atoms with Crippen LogP contribution in [0.2, 0.25) is 0 Å². The third-order valence-corrected chi connectivity index (χ3v) is 6.31. The molecular formula is C23H27N5O2. The molecule has 7 nitrogen and oxygen atoms in total. The number of fused-ring (bicyclic) bond motifs is 2. The SMILES string of the molecule is CCN1CCC(c2cc3ncc(C(=O)N[C@H]4CCOc5ccccc54)cn3n2)CC1. The second-order valence-electron chi connectivity index (χ2n) is 8.12. The van der Waals surface area contributed by atoms with E-state index in [4.69, 9.17) is 9.84 Å². The van der Waals surface area contributed by atoms with Gasteiger partial charge in [-0.05, 0) is 38.5 Å². The van der Waals surface area contributed by atoms with E-state index in [1.807, 2.05) is 24.3 Å². The lowest BCUT2D eigenvalue weighted by molar-refractivity contribution is 0.0924. The van der Waals surface area contributed by atoms with Crippen molar-refractivity contribution in [3.63, 3.8) is 0 Å². The summed E-state index contributed by atoms with van der Waals surface area (Å²) < 4.78 is 7.44. The van der Waals surface area contributed by atoms with Gasteiger partial charge in [-0.1, -0.05) is 25.1 Å². The van der Waals surface area contributed by atoms with Crippen molar-refractivity contribution in [2.24, 2.45) is 0 Å². The van der Waals surface area contributed by atoms with Crippen LogP contribution in [0.4, 0.5) is 0 Å². The van der Waals surface area contributed by atoms with E-state index in [0.717, 1.165) is 61.6 Å². The van der Waals surface area contributed by atoms with Gasteiger partial charge in [-0.2, -0.15) is 5.10 Å². The maximum Gasteiger partial charge on any atom is 0.254 e. The predicted molar refractivity (Wildman–Crippen MR) is 114 cm³/mol. The van der Waals surface area contributed by atoms with Gasteiger partial charge in [0, 0.05) is 36.4 Å². The molecule has 0 unspecified atom stereocenters. The first-order chi connectivity index (χ1) is 14.7. The van der Waals surface area contributed by atoms with Crippen LogP contribution in [0.1, 0.15) is 59.8 Å². The maximum absolute atomic E-state index is 12.9. The third kappa shape index (κ3) is 3.65. The molecule has 3 aromatic rings. The van der Waals surface area contributed by atoms with Crippen molar-refractivity contribution in [1.82, 2.24) is 24.8 Å². The second-order valence-corrected chi connectivity index (χ2v) is 8.12. The van der Waals surface area contributed by atoms with Crippen molar-refractivity contribution in [2.75, 3.05) is 26.2 Å². The predicted octanol–water partition coefficient (Wildman–Crippen LogP) is 3.18. The van der Waals surface area contributed by atoms with Gasteiger partial charge in [-0.25, -0.2) is 9.50 Å². The number of rotatable bonds is 4. The molecule has 7 heteroatoms. The first-order valence-electron chi connectivity index (χ1n) is 10.8. The molecule has 156 valence electrons. The number of aromatic nitrogens is 3. The van der Waals surface area contributed by atoms with Crippen molar-refractivity contribution in [3.8, 4) is 5.75 Å². The van der Waals surface area contributed by atoms with E-state index < -0.39 is 0 Å². The fraction of sp³-hybridized carbons (Fsp3) is 0.435. The number of amides is 1. The molecule has 1 atom stereocenters. The lowest BCUT2D eigenvalue weighted by Crippen LogP contribution is -2.32. The third-order valence-electron chi connectivity index (χ3n) is 6.31. The number of ether oxygens (including phenoxy) is 1. The fourth-order valence-electron chi connectivity index (χ4n) is 4.49. The second kappa shape index (κ2) is 8.07. The summed E-state index contributed by atoms with van der Waals surface area (Å²) in [7, 11) is 0. The minimum absolute atomic E-state index is 0.0601. The highest BCUT2D eigenvalue weighted by Gasteiger charge is 2.24. The van der Waals surface area contributed by atoms with Crippen LogP contribution >= 0.6 is 0 Å². The topological polar surface area (TPSA) is 71.8 Å². The Balaban J connectivity index is 1.32. The summed E-state index contributed by atoms with van der Waals surface area (Å²) in [6.07, 6.45) is 6.41.